The summed E-state index contributed by atoms with van der Waals surface area (Å²) in [5, 5.41) is 10.3. The molecule has 2 N–H and O–H groups in total. The number of hydrogen-bond donors (Lipinski definition) is 2. The van der Waals surface area contributed by atoms with E-state index in [2.05, 4.69) is 33.9 Å². The summed E-state index contributed by atoms with van der Waals surface area (Å²) in [6, 6.07) is 0.481. The average molecular weight is 322 g/mol. The number of nitrogens with zero attached hydrogens (tertiary/aromatic N) is 2. The van der Waals surface area contributed by atoms with Gasteiger partial charge in [-0.25, -0.2) is 0 Å². The highest BCUT2D eigenvalue weighted by Crippen LogP contribution is 2.43. The molecule has 0 spiro atoms. The Kier molecular flexibility index (Phi) is 4.39. The summed E-state index contributed by atoms with van der Waals surface area (Å²) in [6.45, 7) is 4.87. The van der Waals surface area contributed by atoms with Crippen LogP contribution in [-0.2, 0) is 11.3 Å². The van der Waals surface area contributed by atoms with E-state index in [1.54, 1.807) is 0 Å². The first-order valence-corrected chi connectivity index (χ1v) is 8.87. The predicted molar refractivity (Wildman–Crippen MR) is 87.9 cm³/mol. The number of aromatic nitrogens is 3. The summed E-state index contributed by atoms with van der Waals surface area (Å²) >= 11 is 5.29. The minimum absolute atomic E-state index is 0.161. The van der Waals surface area contributed by atoms with Crippen LogP contribution in [0.1, 0.15) is 70.7 Å². The molecule has 2 saturated carbocycles. The van der Waals surface area contributed by atoms with Crippen LogP contribution in [0.5, 0.6) is 0 Å². The standard InChI is InChI=1S/C16H26N4OS/c1-11(2)9-16(7-3-4-8-16)14(21)17-10-13-18-19-15(22)20(13)12-5-6-12/h11-12H,3-10H2,1-2H3,(H,17,21)(H,19,22). The molecule has 122 valence electrons. The van der Waals surface area contributed by atoms with Gasteiger partial charge in [0, 0.05) is 11.5 Å². The van der Waals surface area contributed by atoms with Gasteiger partial charge >= 0.3 is 0 Å². The molecule has 3 rings (SSSR count). The quantitative estimate of drug-likeness (QED) is 0.788. The van der Waals surface area contributed by atoms with Crippen LogP contribution in [0.15, 0.2) is 0 Å². The van der Waals surface area contributed by atoms with E-state index >= 15 is 0 Å². The molecule has 2 aliphatic rings. The number of nitrogens with one attached hydrogen (secondary N) is 2. The van der Waals surface area contributed by atoms with Crippen molar-refractivity contribution in [2.24, 2.45) is 11.3 Å². The van der Waals surface area contributed by atoms with Crippen LogP contribution in [-0.4, -0.2) is 20.7 Å². The van der Waals surface area contributed by atoms with E-state index < -0.39 is 0 Å². The van der Waals surface area contributed by atoms with Crippen LogP contribution in [0.25, 0.3) is 0 Å². The number of carbonyl (C=O) groups is 1. The van der Waals surface area contributed by atoms with Gasteiger partial charge < -0.3 is 5.32 Å². The molecule has 1 aromatic rings. The lowest BCUT2D eigenvalue weighted by molar-refractivity contribution is -0.132. The molecular weight excluding hydrogens is 296 g/mol. The van der Waals surface area contributed by atoms with E-state index in [4.69, 9.17) is 12.2 Å². The summed E-state index contributed by atoms with van der Waals surface area (Å²) in [6.07, 6.45) is 7.67. The summed E-state index contributed by atoms with van der Waals surface area (Å²) < 4.78 is 2.74. The van der Waals surface area contributed by atoms with Crippen LogP contribution in [0.2, 0.25) is 0 Å². The van der Waals surface area contributed by atoms with E-state index in [1.165, 1.54) is 12.8 Å². The maximum absolute atomic E-state index is 12.8. The second-order valence-corrected chi connectivity index (χ2v) is 7.70. The molecule has 0 aromatic carbocycles. The van der Waals surface area contributed by atoms with Crippen LogP contribution in [0, 0.1) is 16.1 Å². The first-order valence-electron chi connectivity index (χ1n) is 8.46. The van der Waals surface area contributed by atoms with Crippen molar-refractivity contribution in [1.29, 1.82) is 0 Å². The zero-order valence-electron chi connectivity index (χ0n) is 13.5. The van der Waals surface area contributed by atoms with Crippen molar-refractivity contribution >= 4 is 18.1 Å². The zero-order chi connectivity index (χ0) is 15.7. The highest BCUT2D eigenvalue weighted by molar-refractivity contribution is 7.71. The summed E-state index contributed by atoms with van der Waals surface area (Å²) in [5.41, 5.74) is -0.161. The fraction of sp³-hybridized carbons (Fsp3) is 0.812. The van der Waals surface area contributed by atoms with Crippen molar-refractivity contribution in [3.05, 3.63) is 10.6 Å². The SMILES string of the molecule is CC(C)CC1(C(=O)NCc2n[nH]c(=S)n2C2CC2)CCCC1. The number of carbonyl (C=O) groups excluding carboxylic acids is 1. The first-order chi connectivity index (χ1) is 10.5. The second kappa shape index (κ2) is 6.14. The number of H-pyrrole nitrogens is 1. The molecule has 0 saturated heterocycles. The van der Waals surface area contributed by atoms with Gasteiger partial charge in [0.05, 0.1) is 6.54 Å². The third-order valence-corrected chi connectivity index (χ3v) is 5.23. The Hall–Kier alpha value is -1.17. The lowest BCUT2D eigenvalue weighted by Gasteiger charge is -2.29. The molecule has 0 bridgehead atoms. The summed E-state index contributed by atoms with van der Waals surface area (Å²) in [4.78, 5) is 12.8. The van der Waals surface area contributed by atoms with Crippen molar-refractivity contribution in [2.75, 3.05) is 0 Å². The van der Waals surface area contributed by atoms with Crippen LogP contribution >= 0.6 is 12.2 Å². The Bertz CT molecular complexity index is 594. The minimum atomic E-state index is -0.161. The summed E-state index contributed by atoms with van der Waals surface area (Å²) in [7, 11) is 0. The van der Waals surface area contributed by atoms with Gasteiger partial charge in [0.15, 0.2) is 10.6 Å². The number of amides is 1. The van der Waals surface area contributed by atoms with Crippen molar-refractivity contribution in [3.63, 3.8) is 0 Å². The molecule has 0 radical (unpaired) electrons. The third-order valence-electron chi connectivity index (χ3n) is 4.94. The van der Waals surface area contributed by atoms with E-state index in [1.807, 2.05) is 0 Å². The van der Waals surface area contributed by atoms with Gasteiger partial charge in [-0.2, -0.15) is 5.10 Å². The Morgan fingerprint density at radius 2 is 2.14 bits per heavy atom. The lowest BCUT2D eigenvalue weighted by Crippen LogP contribution is -2.40. The zero-order valence-corrected chi connectivity index (χ0v) is 14.3. The highest BCUT2D eigenvalue weighted by Gasteiger charge is 2.41. The fourth-order valence-corrected chi connectivity index (χ4v) is 4.18. The van der Waals surface area contributed by atoms with E-state index in [-0.39, 0.29) is 11.3 Å². The monoisotopic (exact) mass is 322 g/mol. The van der Waals surface area contributed by atoms with Gasteiger partial charge in [-0.1, -0.05) is 26.7 Å². The van der Waals surface area contributed by atoms with Crippen molar-refractivity contribution in [1.82, 2.24) is 20.1 Å². The molecule has 2 fully saturated rings. The van der Waals surface area contributed by atoms with Gasteiger partial charge in [0.25, 0.3) is 0 Å². The van der Waals surface area contributed by atoms with Gasteiger partial charge in [-0.15, -0.1) is 0 Å². The maximum atomic E-state index is 12.8. The third kappa shape index (κ3) is 3.12. The Labute approximate surface area is 136 Å². The topological polar surface area (TPSA) is 62.7 Å². The van der Waals surface area contributed by atoms with E-state index in [9.17, 15) is 4.79 Å². The molecule has 5 nitrogen and oxygen atoms in total. The molecule has 0 unspecified atom stereocenters. The average Bonchev–Trinajstić information content (AvgIpc) is 3.07. The molecular formula is C16H26N4OS. The van der Waals surface area contributed by atoms with Crippen molar-refractivity contribution in [2.45, 2.75) is 71.4 Å². The maximum Gasteiger partial charge on any atom is 0.226 e. The van der Waals surface area contributed by atoms with Gasteiger partial charge in [-0.05, 0) is 50.2 Å². The van der Waals surface area contributed by atoms with Gasteiger partial charge in [0.2, 0.25) is 5.91 Å². The van der Waals surface area contributed by atoms with Crippen molar-refractivity contribution < 1.29 is 4.79 Å². The molecule has 0 aliphatic heterocycles. The van der Waals surface area contributed by atoms with E-state index in [0.29, 0.717) is 23.3 Å². The van der Waals surface area contributed by atoms with Crippen molar-refractivity contribution in [3.8, 4) is 0 Å². The second-order valence-electron chi connectivity index (χ2n) is 7.31. The molecule has 22 heavy (non-hydrogen) atoms. The Balaban J connectivity index is 1.67. The molecule has 6 heteroatoms. The van der Waals surface area contributed by atoms with Gasteiger partial charge in [0.1, 0.15) is 0 Å². The Morgan fingerprint density at radius 3 is 2.73 bits per heavy atom. The predicted octanol–water partition coefficient (Wildman–Crippen LogP) is 3.50. The largest absolute Gasteiger partial charge is 0.348 e. The molecule has 1 aromatic heterocycles. The number of aromatic amines is 1. The van der Waals surface area contributed by atoms with E-state index in [0.717, 1.165) is 37.9 Å². The molecule has 0 atom stereocenters. The van der Waals surface area contributed by atoms with Crippen LogP contribution < -0.4 is 5.32 Å². The first kappa shape index (κ1) is 15.7. The van der Waals surface area contributed by atoms with Crippen LogP contribution in [0.4, 0.5) is 0 Å². The Morgan fingerprint density at radius 1 is 1.45 bits per heavy atom. The normalized spacial score (nSPS) is 20.5. The minimum Gasteiger partial charge on any atom is -0.348 e. The highest BCUT2D eigenvalue weighted by atomic mass is 32.1. The molecule has 2 aliphatic carbocycles. The van der Waals surface area contributed by atoms with Crippen LogP contribution in [0.3, 0.4) is 0 Å². The van der Waals surface area contributed by atoms with Gasteiger partial charge in [-0.3, -0.25) is 14.5 Å². The summed E-state index contributed by atoms with van der Waals surface area (Å²) in [5.74, 6) is 1.61. The fourth-order valence-electron chi connectivity index (χ4n) is 3.88. The molecule has 1 amide bonds. The number of rotatable bonds is 6. The number of hydrogen-bond acceptors (Lipinski definition) is 3. The lowest BCUT2D eigenvalue weighted by atomic mass is 9.77. The molecule has 1 heterocycles. The smallest absolute Gasteiger partial charge is 0.226 e.